The first kappa shape index (κ1) is 13.5. The van der Waals surface area contributed by atoms with Crippen molar-refractivity contribution < 1.29 is 4.74 Å². The SMILES string of the molecule is COCCCN(C)c1nc(NN)nc2ccccc12. The number of methoxy groups -OCH3 is 1. The van der Waals surface area contributed by atoms with Crippen LogP contribution < -0.4 is 16.2 Å². The van der Waals surface area contributed by atoms with E-state index in [4.69, 9.17) is 10.6 Å². The van der Waals surface area contributed by atoms with Crippen LogP contribution in [0, 0.1) is 0 Å². The first-order valence-corrected chi connectivity index (χ1v) is 6.19. The third kappa shape index (κ3) is 3.10. The van der Waals surface area contributed by atoms with Gasteiger partial charge in [-0.3, -0.25) is 5.43 Å². The number of rotatable bonds is 6. The van der Waals surface area contributed by atoms with Crippen LogP contribution in [0.15, 0.2) is 24.3 Å². The van der Waals surface area contributed by atoms with E-state index in [1.54, 1.807) is 7.11 Å². The number of hydrazine groups is 1. The van der Waals surface area contributed by atoms with Gasteiger partial charge in [0, 0.05) is 32.7 Å². The molecular weight excluding hydrogens is 242 g/mol. The van der Waals surface area contributed by atoms with Gasteiger partial charge in [0.05, 0.1) is 5.52 Å². The van der Waals surface area contributed by atoms with Gasteiger partial charge in [-0.2, -0.15) is 4.98 Å². The molecule has 2 aromatic rings. The number of benzene rings is 1. The van der Waals surface area contributed by atoms with Crippen molar-refractivity contribution in [3.63, 3.8) is 0 Å². The molecule has 3 N–H and O–H groups in total. The van der Waals surface area contributed by atoms with Gasteiger partial charge in [0.15, 0.2) is 0 Å². The van der Waals surface area contributed by atoms with E-state index in [0.29, 0.717) is 5.95 Å². The van der Waals surface area contributed by atoms with Crippen LogP contribution >= 0.6 is 0 Å². The van der Waals surface area contributed by atoms with Crippen LogP contribution in [0.5, 0.6) is 0 Å². The first-order valence-electron chi connectivity index (χ1n) is 6.19. The highest BCUT2D eigenvalue weighted by atomic mass is 16.5. The Bertz CT molecular complexity index is 546. The Morgan fingerprint density at radius 1 is 1.32 bits per heavy atom. The minimum absolute atomic E-state index is 0.423. The molecule has 0 saturated heterocycles. The standard InChI is InChI=1S/C13H19N5O/c1-18(8-5-9-19-2)12-10-6-3-4-7-11(10)15-13(16-12)17-14/h3-4,6-7H,5,8-9,14H2,1-2H3,(H,15,16,17). The molecule has 0 aliphatic rings. The molecule has 1 heterocycles. The van der Waals surface area contributed by atoms with Gasteiger partial charge in [-0.1, -0.05) is 12.1 Å². The Morgan fingerprint density at radius 2 is 2.11 bits per heavy atom. The highest BCUT2D eigenvalue weighted by Crippen LogP contribution is 2.24. The molecule has 0 bridgehead atoms. The zero-order valence-electron chi connectivity index (χ0n) is 11.3. The van der Waals surface area contributed by atoms with E-state index < -0.39 is 0 Å². The summed E-state index contributed by atoms with van der Waals surface area (Å²) >= 11 is 0. The molecule has 0 atom stereocenters. The zero-order valence-corrected chi connectivity index (χ0v) is 11.3. The molecule has 0 radical (unpaired) electrons. The third-order valence-corrected chi connectivity index (χ3v) is 2.92. The number of fused-ring (bicyclic) bond motifs is 1. The van der Waals surface area contributed by atoms with Gasteiger partial charge in [-0.05, 0) is 18.6 Å². The Morgan fingerprint density at radius 3 is 2.84 bits per heavy atom. The number of nitrogens with one attached hydrogen (secondary N) is 1. The van der Waals surface area contributed by atoms with Crippen molar-refractivity contribution in [2.75, 3.05) is 37.6 Å². The topological polar surface area (TPSA) is 76.3 Å². The van der Waals surface area contributed by atoms with Gasteiger partial charge < -0.3 is 9.64 Å². The van der Waals surface area contributed by atoms with Crippen molar-refractivity contribution in [2.45, 2.75) is 6.42 Å². The van der Waals surface area contributed by atoms with Crippen LogP contribution in [0.3, 0.4) is 0 Å². The third-order valence-electron chi connectivity index (χ3n) is 2.92. The lowest BCUT2D eigenvalue weighted by Gasteiger charge is -2.20. The highest BCUT2D eigenvalue weighted by Gasteiger charge is 2.10. The van der Waals surface area contributed by atoms with Gasteiger partial charge >= 0.3 is 0 Å². The minimum Gasteiger partial charge on any atom is -0.385 e. The van der Waals surface area contributed by atoms with Crippen LogP contribution in [0.1, 0.15) is 6.42 Å². The molecule has 6 heteroatoms. The van der Waals surface area contributed by atoms with Crippen LogP contribution in [-0.2, 0) is 4.74 Å². The quantitative estimate of drug-likeness (QED) is 0.465. The molecule has 1 aromatic heterocycles. The van der Waals surface area contributed by atoms with Crippen molar-refractivity contribution in [1.82, 2.24) is 9.97 Å². The Kier molecular flexibility index (Phi) is 4.48. The normalized spacial score (nSPS) is 10.7. The van der Waals surface area contributed by atoms with Crippen molar-refractivity contribution in [2.24, 2.45) is 5.84 Å². The van der Waals surface area contributed by atoms with Gasteiger partial charge in [-0.15, -0.1) is 0 Å². The molecule has 1 aromatic carbocycles. The second-order valence-corrected chi connectivity index (χ2v) is 4.30. The van der Waals surface area contributed by atoms with Crippen LogP contribution in [0.2, 0.25) is 0 Å². The summed E-state index contributed by atoms with van der Waals surface area (Å²) in [5, 5.41) is 1.02. The second kappa shape index (κ2) is 6.31. The minimum atomic E-state index is 0.423. The van der Waals surface area contributed by atoms with E-state index >= 15 is 0 Å². The lowest BCUT2D eigenvalue weighted by molar-refractivity contribution is 0.196. The largest absolute Gasteiger partial charge is 0.385 e. The molecule has 0 saturated carbocycles. The lowest BCUT2D eigenvalue weighted by Crippen LogP contribution is -2.22. The summed E-state index contributed by atoms with van der Waals surface area (Å²) in [7, 11) is 3.71. The number of hydrogen-bond donors (Lipinski definition) is 2. The van der Waals surface area contributed by atoms with Crippen LogP contribution in [0.25, 0.3) is 10.9 Å². The van der Waals surface area contributed by atoms with E-state index in [1.807, 2.05) is 31.3 Å². The number of aromatic nitrogens is 2. The smallest absolute Gasteiger partial charge is 0.239 e. The first-order chi connectivity index (χ1) is 9.26. The number of nitrogens with zero attached hydrogens (tertiary/aromatic N) is 3. The fraction of sp³-hybridized carbons (Fsp3) is 0.385. The number of anilines is 2. The Hall–Kier alpha value is -1.92. The van der Waals surface area contributed by atoms with Gasteiger partial charge in [0.25, 0.3) is 0 Å². The summed E-state index contributed by atoms with van der Waals surface area (Å²) in [6, 6.07) is 7.89. The van der Waals surface area contributed by atoms with Gasteiger partial charge in [0.1, 0.15) is 5.82 Å². The summed E-state index contributed by atoms with van der Waals surface area (Å²) in [5.74, 6) is 6.71. The molecule has 0 amide bonds. The molecule has 0 aliphatic heterocycles. The fourth-order valence-electron chi connectivity index (χ4n) is 1.97. The van der Waals surface area contributed by atoms with Crippen molar-refractivity contribution in [3.05, 3.63) is 24.3 Å². The van der Waals surface area contributed by atoms with E-state index in [-0.39, 0.29) is 0 Å². The molecule has 6 nitrogen and oxygen atoms in total. The molecule has 2 rings (SSSR count). The maximum Gasteiger partial charge on any atom is 0.239 e. The maximum atomic E-state index is 5.42. The number of para-hydroxylation sites is 1. The zero-order chi connectivity index (χ0) is 13.7. The van der Waals surface area contributed by atoms with E-state index in [9.17, 15) is 0 Å². The fourth-order valence-corrected chi connectivity index (χ4v) is 1.97. The average Bonchev–Trinajstić information content (AvgIpc) is 2.46. The predicted octanol–water partition coefficient (Wildman–Crippen LogP) is 1.39. The molecule has 0 unspecified atom stereocenters. The summed E-state index contributed by atoms with van der Waals surface area (Å²) < 4.78 is 5.07. The van der Waals surface area contributed by atoms with Crippen LogP contribution in [-0.4, -0.2) is 37.3 Å². The monoisotopic (exact) mass is 261 g/mol. The lowest BCUT2D eigenvalue weighted by atomic mass is 10.2. The van der Waals surface area contributed by atoms with Gasteiger partial charge in [-0.25, -0.2) is 10.8 Å². The molecule has 102 valence electrons. The number of nitrogens with two attached hydrogens (primary N) is 1. The predicted molar refractivity (Wildman–Crippen MR) is 77.1 cm³/mol. The Balaban J connectivity index is 2.34. The highest BCUT2D eigenvalue weighted by molar-refractivity contribution is 5.90. The molecular formula is C13H19N5O. The van der Waals surface area contributed by atoms with Crippen molar-refractivity contribution in [1.29, 1.82) is 0 Å². The van der Waals surface area contributed by atoms with E-state index in [1.165, 1.54) is 0 Å². The van der Waals surface area contributed by atoms with Gasteiger partial charge in [0.2, 0.25) is 5.95 Å². The summed E-state index contributed by atoms with van der Waals surface area (Å²) in [6.45, 7) is 1.59. The summed E-state index contributed by atoms with van der Waals surface area (Å²) in [6.07, 6.45) is 0.941. The summed E-state index contributed by atoms with van der Waals surface area (Å²) in [5.41, 5.74) is 3.38. The number of ether oxygens (including phenoxy) is 1. The van der Waals surface area contributed by atoms with Crippen molar-refractivity contribution >= 4 is 22.7 Å². The summed E-state index contributed by atoms with van der Waals surface area (Å²) in [4.78, 5) is 10.9. The molecule has 19 heavy (non-hydrogen) atoms. The molecule has 0 fully saturated rings. The molecule has 0 spiro atoms. The Labute approximate surface area is 112 Å². The second-order valence-electron chi connectivity index (χ2n) is 4.30. The average molecular weight is 261 g/mol. The molecule has 0 aliphatic carbocycles. The number of hydrogen-bond acceptors (Lipinski definition) is 6. The van der Waals surface area contributed by atoms with E-state index in [2.05, 4.69) is 20.3 Å². The van der Waals surface area contributed by atoms with E-state index in [0.717, 1.165) is 36.3 Å². The van der Waals surface area contributed by atoms with Crippen molar-refractivity contribution in [3.8, 4) is 0 Å². The van der Waals surface area contributed by atoms with Crippen LogP contribution in [0.4, 0.5) is 11.8 Å². The number of nitrogen functional groups attached to an aromatic ring is 1. The maximum absolute atomic E-state index is 5.42.